The molecular formula is C17H18ClFO. The summed E-state index contributed by atoms with van der Waals surface area (Å²) in [6.07, 6.45) is -0.261. The molecule has 2 aromatic rings. The maximum absolute atomic E-state index is 13.0. The highest BCUT2D eigenvalue weighted by Crippen LogP contribution is 2.28. The first kappa shape index (κ1) is 15.0. The first-order valence-corrected chi connectivity index (χ1v) is 6.96. The third-order valence-corrected chi connectivity index (χ3v) is 3.85. The summed E-state index contributed by atoms with van der Waals surface area (Å²) in [6, 6.07) is 8.37. The van der Waals surface area contributed by atoms with Crippen molar-refractivity contribution in [3.63, 3.8) is 0 Å². The zero-order valence-corrected chi connectivity index (χ0v) is 12.6. The van der Waals surface area contributed by atoms with Crippen LogP contribution in [0.25, 0.3) is 0 Å². The van der Waals surface area contributed by atoms with Crippen LogP contribution >= 0.6 is 11.6 Å². The number of hydrogen-bond donors (Lipinski definition) is 1. The van der Waals surface area contributed by atoms with E-state index in [1.807, 2.05) is 20.8 Å². The first-order chi connectivity index (χ1) is 9.38. The normalized spacial score (nSPS) is 12.5. The van der Waals surface area contributed by atoms with Crippen LogP contribution < -0.4 is 0 Å². The van der Waals surface area contributed by atoms with Crippen LogP contribution in [-0.4, -0.2) is 5.11 Å². The van der Waals surface area contributed by atoms with Crippen molar-refractivity contribution in [2.45, 2.75) is 33.3 Å². The fourth-order valence-corrected chi connectivity index (χ4v) is 2.96. The van der Waals surface area contributed by atoms with Crippen molar-refractivity contribution >= 4 is 11.6 Å². The van der Waals surface area contributed by atoms with E-state index in [2.05, 4.69) is 12.1 Å². The van der Waals surface area contributed by atoms with Crippen molar-refractivity contribution in [3.05, 3.63) is 69.0 Å². The van der Waals surface area contributed by atoms with Crippen molar-refractivity contribution in [2.75, 3.05) is 0 Å². The van der Waals surface area contributed by atoms with Crippen LogP contribution in [0.15, 0.2) is 30.3 Å². The summed E-state index contributed by atoms with van der Waals surface area (Å²) in [5, 5.41) is 10.8. The number of halogens is 2. The summed E-state index contributed by atoms with van der Waals surface area (Å²) in [6.45, 7) is 6.02. The summed E-state index contributed by atoms with van der Waals surface area (Å²) in [7, 11) is 0. The fraction of sp³-hybridized carbons (Fsp3) is 0.294. The van der Waals surface area contributed by atoms with E-state index in [1.165, 1.54) is 17.7 Å². The second kappa shape index (κ2) is 5.94. The van der Waals surface area contributed by atoms with E-state index >= 15 is 0 Å². The minimum Gasteiger partial charge on any atom is -0.388 e. The molecule has 106 valence electrons. The number of benzene rings is 2. The molecule has 0 saturated heterocycles. The van der Waals surface area contributed by atoms with E-state index in [0.717, 1.165) is 22.3 Å². The molecule has 0 aromatic heterocycles. The molecule has 0 aliphatic rings. The predicted molar refractivity (Wildman–Crippen MR) is 80.7 cm³/mol. The fourth-order valence-electron chi connectivity index (χ4n) is 2.71. The molecule has 3 heteroatoms. The smallest absolute Gasteiger partial charge is 0.124 e. The summed E-state index contributed by atoms with van der Waals surface area (Å²) in [5.74, 6) is -0.365. The van der Waals surface area contributed by atoms with Gasteiger partial charge in [-0.2, -0.15) is 0 Å². The van der Waals surface area contributed by atoms with Crippen molar-refractivity contribution in [2.24, 2.45) is 0 Å². The van der Waals surface area contributed by atoms with Gasteiger partial charge in [0.25, 0.3) is 0 Å². The quantitative estimate of drug-likeness (QED) is 0.871. The van der Waals surface area contributed by atoms with Gasteiger partial charge in [0, 0.05) is 11.4 Å². The third kappa shape index (κ3) is 3.20. The lowest BCUT2D eigenvalue weighted by atomic mass is 9.92. The third-order valence-electron chi connectivity index (χ3n) is 3.50. The van der Waals surface area contributed by atoms with E-state index in [0.29, 0.717) is 11.4 Å². The Balaban J connectivity index is 2.31. The molecule has 0 aliphatic heterocycles. The van der Waals surface area contributed by atoms with Crippen molar-refractivity contribution in [1.82, 2.24) is 0 Å². The molecule has 0 heterocycles. The molecule has 0 fully saturated rings. The molecule has 20 heavy (non-hydrogen) atoms. The van der Waals surface area contributed by atoms with Crippen molar-refractivity contribution < 1.29 is 9.50 Å². The van der Waals surface area contributed by atoms with Gasteiger partial charge in [-0.05, 0) is 55.2 Å². The minimum absolute atomic E-state index is 0.353. The Hall–Kier alpha value is -1.38. The van der Waals surface area contributed by atoms with Gasteiger partial charge in [-0.25, -0.2) is 4.39 Å². The van der Waals surface area contributed by atoms with Gasteiger partial charge in [0.1, 0.15) is 5.82 Å². The number of aliphatic hydroxyl groups excluding tert-OH is 1. The maximum atomic E-state index is 13.0. The number of hydrogen-bond acceptors (Lipinski definition) is 1. The molecular weight excluding hydrogens is 275 g/mol. The molecule has 1 nitrogen and oxygen atoms in total. The van der Waals surface area contributed by atoms with Crippen molar-refractivity contribution in [1.29, 1.82) is 0 Å². The first-order valence-electron chi connectivity index (χ1n) is 6.58. The standard InChI is InChI=1S/C17H18ClFO/c1-10-6-11(2)17(12(3)7-10)16(20)8-13-4-5-14(19)9-15(13)18/h4-7,9,16,20H,8H2,1-3H3. The second-order valence-corrected chi connectivity index (χ2v) is 5.68. The molecule has 2 rings (SSSR count). The number of aryl methyl sites for hydroxylation is 3. The molecule has 0 amide bonds. The maximum Gasteiger partial charge on any atom is 0.124 e. The summed E-state index contributed by atoms with van der Waals surface area (Å²) in [4.78, 5) is 0. The van der Waals surface area contributed by atoms with Crippen LogP contribution in [0.1, 0.15) is 33.9 Å². The van der Waals surface area contributed by atoms with Gasteiger partial charge in [0.05, 0.1) is 6.10 Å². The second-order valence-electron chi connectivity index (χ2n) is 5.27. The average Bonchev–Trinajstić information content (AvgIpc) is 2.31. The molecule has 0 aliphatic carbocycles. The van der Waals surface area contributed by atoms with Gasteiger partial charge in [-0.1, -0.05) is 35.4 Å². The predicted octanol–water partition coefficient (Wildman–Crippen LogP) is 4.68. The Kier molecular flexibility index (Phi) is 4.46. The van der Waals surface area contributed by atoms with Crippen LogP contribution in [-0.2, 0) is 6.42 Å². The average molecular weight is 293 g/mol. The lowest BCUT2D eigenvalue weighted by Crippen LogP contribution is -2.07. The highest BCUT2D eigenvalue weighted by atomic mass is 35.5. The molecule has 0 bridgehead atoms. The highest BCUT2D eigenvalue weighted by Gasteiger charge is 2.16. The summed E-state index contributed by atoms with van der Waals surface area (Å²) >= 11 is 6.01. The Morgan fingerprint density at radius 3 is 2.25 bits per heavy atom. The van der Waals surface area contributed by atoms with E-state index < -0.39 is 6.10 Å². The molecule has 0 radical (unpaired) electrons. The van der Waals surface area contributed by atoms with Crippen LogP contribution in [0.2, 0.25) is 5.02 Å². The van der Waals surface area contributed by atoms with Gasteiger partial charge in [-0.3, -0.25) is 0 Å². The number of aliphatic hydroxyl groups is 1. The minimum atomic E-state index is -0.640. The molecule has 0 spiro atoms. The lowest BCUT2D eigenvalue weighted by Gasteiger charge is -2.18. The lowest BCUT2D eigenvalue weighted by molar-refractivity contribution is 0.177. The molecule has 1 unspecified atom stereocenters. The monoisotopic (exact) mass is 292 g/mol. The Labute approximate surface area is 124 Å². The Morgan fingerprint density at radius 1 is 1.10 bits per heavy atom. The molecule has 1 atom stereocenters. The van der Waals surface area contributed by atoms with Crippen molar-refractivity contribution in [3.8, 4) is 0 Å². The van der Waals surface area contributed by atoms with Crippen LogP contribution in [0.4, 0.5) is 4.39 Å². The Bertz CT molecular complexity index is 614. The van der Waals surface area contributed by atoms with Gasteiger partial charge in [0.2, 0.25) is 0 Å². The van der Waals surface area contributed by atoms with E-state index in [9.17, 15) is 9.50 Å². The van der Waals surface area contributed by atoms with E-state index in [1.54, 1.807) is 6.07 Å². The largest absolute Gasteiger partial charge is 0.388 e. The van der Waals surface area contributed by atoms with Gasteiger partial charge >= 0.3 is 0 Å². The van der Waals surface area contributed by atoms with Crippen LogP contribution in [0, 0.1) is 26.6 Å². The zero-order chi connectivity index (χ0) is 14.9. The highest BCUT2D eigenvalue weighted by molar-refractivity contribution is 6.31. The SMILES string of the molecule is Cc1cc(C)c(C(O)Cc2ccc(F)cc2Cl)c(C)c1. The van der Waals surface area contributed by atoms with Crippen LogP contribution in [0.5, 0.6) is 0 Å². The summed E-state index contributed by atoms with van der Waals surface area (Å²) < 4.78 is 13.0. The van der Waals surface area contributed by atoms with E-state index in [4.69, 9.17) is 11.6 Å². The molecule has 0 saturated carbocycles. The topological polar surface area (TPSA) is 20.2 Å². The summed E-state index contributed by atoms with van der Waals surface area (Å²) in [5.41, 5.74) is 4.98. The number of rotatable bonds is 3. The van der Waals surface area contributed by atoms with Crippen LogP contribution in [0.3, 0.4) is 0 Å². The van der Waals surface area contributed by atoms with E-state index in [-0.39, 0.29) is 5.82 Å². The van der Waals surface area contributed by atoms with Gasteiger partial charge < -0.3 is 5.11 Å². The van der Waals surface area contributed by atoms with Gasteiger partial charge in [-0.15, -0.1) is 0 Å². The molecule has 2 aromatic carbocycles. The van der Waals surface area contributed by atoms with Gasteiger partial charge in [0.15, 0.2) is 0 Å². The Morgan fingerprint density at radius 2 is 1.70 bits per heavy atom. The zero-order valence-electron chi connectivity index (χ0n) is 11.9. The molecule has 1 N–H and O–H groups in total.